The summed E-state index contributed by atoms with van der Waals surface area (Å²) in [6.45, 7) is 0.307. The van der Waals surface area contributed by atoms with E-state index in [2.05, 4.69) is 4.74 Å². The number of halogens is 1. The van der Waals surface area contributed by atoms with Crippen LogP contribution in [0.1, 0.15) is 0 Å². The summed E-state index contributed by atoms with van der Waals surface area (Å²) in [5.41, 5.74) is 3.21. The van der Waals surface area contributed by atoms with Gasteiger partial charge in [0, 0.05) is 11.6 Å². The second-order valence-electron chi connectivity index (χ2n) is 5.99. The van der Waals surface area contributed by atoms with E-state index in [4.69, 9.17) is 14.2 Å². The minimum absolute atomic E-state index is 0.307. The molecule has 3 aromatic rings. The maximum Gasteiger partial charge on any atom is 0.298 e. The van der Waals surface area contributed by atoms with E-state index in [1.54, 1.807) is 24.3 Å². The number of carbonyl (C=O) groups is 1. The molecule has 0 spiro atoms. The number of rotatable bonds is 9. The van der Waals surface area contributed by atoms with Gasteiger partial charge < -0.3 is 18.9 Å². The van der Waals surface area contributed by atoms with Crippen LogP contribution in [0.25, 0.3) is 22.3 Å². The highest BCUT2D eigenvalue weighted by molar-refractivity contribution is 5.71. The normalized spacial score (nSPS) is 10.9. The summed E-state index contributed by atoms with van der Waals surface area (Å²) >= 11 is 0. The van der Waals surface area contributed by atoms with Gasteiger partial charge in [-0.1, -0.05) is 36.4 Å². The molecule has 0 aliphatic carbocycles. The molecule has 5 nitrogen and oxygen atoms in total. The highest BCUT2D eigenvalue weighted by Crippen LogP contribution is 2.29. The number of hydrogen-bond acceptors (Lipinski definition) is 5. The summed E-state index contributed by atoms with van der Waals surface area (Å²) in [5, 5.41) is 0. The molecule has 0 bridgehead atoms. The van der Waals surface area contributed by atoms with Crippen molar-refractivity contribution in [3.05, 3.63) is 97.6 Å². The number of ether oxygens (including phenoxy) is 4. The van der Waals surface area contributed by atoms with E-state index in [-0.39, 0.29) is 5.82 Å². The Balaban J connectivity index is 1.70. The van der Waals surface area contributed by atoms with Crippen LogP contribution in [0.15, 0.2) is 91.8 Å². The smallest absolute Gasteiger partial charge is 0.298 e. The van der Waals surface area contributed by atoms with Crippen LogP contribution in [0.3, 0.4) is 0 Å². The van der Waals surface area contributed by atoms with Crippen LogP contribution in [0.2, 0.25) is 0 Å². The average Bonchev–Trinajstić information content (AvgIpc) is 2.78. The second kappa shape index (κ2) is 10.5. The fourth-order valence-corrected chi connectivity index (χ4v) is 2.70. The molecule has 0 aliphatic heterocycles. The zero-order valence-electron chi connectivity index (χ0n) is 16.2. The molecule has 0 unspecified atom stereocenters. The average molecular weight is 406 g/mol. The van der Waals surface area contributed by atoms with E-state index in [9.17, 15) is 9.18 Å². The Bertz CT molecular complexity index is 1020. The fourth-order valence-electron chi connectivity index (χ4n) is 2.70. The van der Waals surface area contributed by atoms with Crippen LogP contribution in [-0.2, 0) is 14.3 Å². The summed E-state index contributed by atoms with van der Waals surface area (Å²) in [7, 11) is 1.50. The molecule has 0 aromatic heterocycles. The lowest BCUT2D eigenvalue weighted by atomic mass is 10.00. The van der Waals surface area contributed by atoms with Gasteiger partial charge in [0.25, 0.3) is 6.47 Å². The molecule has 0 heterocycles. The SMILES string of the molecule is CO/C=C\Oc1ccc(-c2ccc(-c3ccc(O/C=C\OC=O)cc3)cc2)c(F)c1. The Morgan fingerprint density at radius 2 is 1.27 bits per heavy atom. The van der Waals surface area contributed by atoms with Crippen molar-refractivity contribution < 1.29 is 28.1 Å². The predicted molar refractivity (Wildman–Crippen MR) is 111 cm³/mol. The van der Waals surface area contributed by atoms with Gasteiger partial charge in [0.15, 0.2) is 0 Å². The van der Waals surface area contributed by atoms with E-state index >= 15 is 0 Å². The standard InChI is InChI=1S/C24H19FO5/c1-27-12-14-30-22-10-11-23(24(25)16-22)20-4-2-18(3-5-20)19-6-8-21(9-7-19)29-15-13-28-17-26/h2-17H,1H3/b14-12-,15-13-. The van der Waals surface area contributed by atoms with Gasteiger partial charge in [-0.25, -0.2) is 4.39 Å². The van der Waals surface area contributed by atoms with Gasteiger partial charge >= 0.3 is 0 Å². The Hall–Kier alpha value is -4.06. The summed E-state index contributed by atoms with van der Waals surface area (Å²) in [4.78, 5) is 10.1. The Labute approximate surface area is 173 Å². The van der Waals surface area contributed by atoms with E-state index in [1.165, 1.54) is 32.0 Å². The van der Waals surface area contributed by atoms with Crippen LogP contribution in [0.5, 0.6) is 11.5 Å². The van der Waals surface area contributed by atoms with E-state index in [0.717, 1.165) is 23.0 Å². The van der Waals surface area contributed by atoms with Crippen molar-refractivity contribution in [3.63, 3.8) is 0 Å². The molecule has 152 valence electrons. The van der Waals surface area contributed by atoms with Crippen LogP contribution >= 0.6 is 0 Å². The Morgan fingerprint density at radius 3 is 1.90 bits per heavy atom. The third kappa shape index (κ3) is 5.48. The minimum Gasteiger partial charge on any atom is -0.501 e. The molecule has 3 aromatic carbocycles. The largest absolute Gasteiger partial charge is 0.501 e. The first-order valence-electron chi connectivity index (χ1n) is 8.97. The molecule has 3 rings (SSSR count). The van der Waals surface area contributed by atoms with Crippen molar-refractivity contribution in [2.45, 2.75) is 0 Å². The number of carbonyl (C=O) groups excluding carboxylic acids is 1. The number of hydrogen-bond donors (Lipinski definition) is 0. The van der Waals surface area contributed by atoms with Gasteiger partial charge in [-0.3, -0.25) is 4.79 Å². The van der Waals surface area contributed by atoms with Gasteiger partial charge in [-0.15, -0.1) is 0 Å². The van der Waals surface area contributed by atoms with Gasteiger partial charge in [-0.05, 0) is 41.0 Å². The summed E-state index contributed by atoms with van der Waals surface area (Å²) < 4.78 is 34.2. The van der Waals surface area contributed by atoms with Crippen molar-refractivity contribution >= 4 is 6.47 Å². The van der Waals surface area contributed by atoms with Crippen LogP contribution in [0.4, 0.5) is 4.39 Å². The first-order valence-corrected chi connectivity index (χ1v) is 8.97. The van der Waals surface area contributed by atoms with E-state index in [0.29, 0.717) is 23.5 Å². The van der Waals surface area contributed by atoms with Crippen LogP contribution in [-0.4, -0.2) is 13.6 Å². The first kappa shape index (κ1) is 20.7. The van der Waals surface area contributed by atoms with Crippen molar-refractivity contribution in [2.75, 3.05) is 7.11 Å². The van der Waals surface area contributed by atoms with Crippen molar-refractivity contribution in [3.8, 4) is 33.8 Å². The van der Waals surface area contributed by atoms with Gasteiger partial charge in [0.1, 0.15) is 42.4 Å². The molecule has 0 radical (unpaired) electrons. The zero-order valence-corrected chi connectivity index (χ0v) is 16.2. The predicted octanol–water partition coefficient (Wildman–Crippen LogP) is 5.68. The Morgan fingerprint density at radius 1 is 0.700 bits per heavy atom. The van der Waals surface area contributed by atoms with Crippen molar-refractivity contribution in [2.24, 2.45) is 0 Å². The van der Waals surface area contributed by atoms with E-state index < -0.39 is 0 Å². The molecule has 0 fully saturated rings. The maximum atomic E-state index is 14.5. The molecule has 0 amide bonds. The monoisotopic (exact) mass is 406 g/mol. The topological polar surface area (TPSA) is 54.0 Å². The number of methoxy groups -OCH3 is 1. The highest BCUT2D eigenvalue weighted by atomic mass is 19.1. The lowest BCUT2D eigenvalue weighted by molar-refractivity contribution is -0.123. The third-order valence-electron chi connectivity index (χ3n) is 4.11. The molecule has 0 N–H and O–H groups in total. The lowest BCUT2D eigenvalue weighted by Gasteiger charge is -2.08. The minimum atomic E-state index is -0.376. The van der Waals surface area contributed by atoms with Crippen LogP contribution < -0.4 is 9.47 Å². The summed E-state index contributed by atoms with van der Waals surface area (Å²) in [6, 6.07) is 19.7. The highest BCUT2D eigenvalue weighted by Gasteiger charge is 2.07. The van der Waals surface area contributed by atoms with Gasteiger partial charge in [0.05, 0.1) is 7.11 Å². The molecule has 0 atom stereocenters. The lowest BCUT2D eigenvalue weighted by Crippen LogP contribution is -1.88. The maximum absolute atomic E-state index is 14.5. The molecule has 6 heteroatoms. The van der Waals surface area contributed by atoms with Gasteiger partial charge in [-0.2, -0.15) is 0 Å². The zero-order chi connectivity index (χ0) is 21.2. The second-order valence-corrected chi connectivity index (χ2v) is 5.99. The number of benzene rings is 3. The fraction of sp³-hybridized carbons (Fsp3) is 0.0417. The van der Waals surface area contributed by atoms with Crippen LogP contribution in [0, 0.1) is 5.82 Å². The van der Waals surface area contributed by atoms with Gasteiger partial charge in [0.2, 0.25) is 0 Å². The molecular formula is C24H19FO5. The van der Waals surface area contributed by atoms with E-state index in [1.807, 2.05) is 36.4 Å². The van der Waals surface area contributed by atoms with Crippen molar-refractivity contribution in [1.29, 1.82) is 0 Å². The summed E-state index contributed by atoms with van der Waals surface area (Å²) in [6.07, 6.45) is 5.13. The molecule has 0 aliphatic rings. The molecular weight excluding hydrogens is 387 g/mol. The molecule has 0 saturated heterocycles. The molecule has 30 heavy (non-hydrogen) atoms. The third-order valence-corrected chi connectivity index (χ3v) is 4.11. The summed E-state index contributed by atoms with van der Waals surface area (Å²) in [5.74, 6) is 0.612. The quantitative estimate of drug-likeness (QED) is 0.338. The molecule has 0 saturated carbocycles. The first-order chi connectivity index (χ1) is 14.7. The Kier molecular flexibility index (Phi) is 7.22. The van der Waals surface area contributed by atoms with Crippen molar-refractivity contribution in [1.82, 2.24) is 0 Å².